The third-order valence-corrected chi connectivity index (χ3v) is 2.53. The molecule has 0 aliphatic heterocycles. The Hall–Kier alpha value is -2.01. The Morgan fingerprint density at radius 3 is 2.68 bits per heavy atom. The minimum absolute atomic E-state index is 0.0922. The Kier molecular flexibility index (Phi) is 7.12. The first-order chi connectivity index (χ1) is 9.26. The molecular formula is C17H20O2. The van der Waals surface area contributed by atoms with Gasteiger partial charge in [0.15, 0.2) is 0 Å². The molecule has 0 fully saturated rings. The third kappa shape index (κ3) is 6.47. The van der Waals surface area contributed by atoms with Gasteiger partial charge in [-0.3, -0.25) is 0 Å². The highest BCUT2D eigenvalue weighted by molar-refractivity contribution is 5.81. The summed E-state index contributed by atoms with van der Waals surface area (Å²) in [5.41, 5.74) is 0.994. The lowest BCUT2D eigenvalue weighted by molar-refractivity contribution is -0.137. The van der Waals surface area contributed by atoms with Crippen molar-refractivity contribution in [3.05, 3.63) is 48.0 Å². The molecule has 0 radical (unpaired) electrons. The summed E-state index contributed by atoms with van der Waals surface area (Å²) in [6, 6.07) is 9.85. The number of hydrogen-bond donors (Lipinski definition) is 0. The van der Waals surface area contributed by atoms with Crippen LogP contribution < -0.4 is 0 Å². The lowest BCUT2D eigenvalue weighted by Crippen LogP contribution is -2.01. The van der Waals surface area contributed by atoms with Gasteiger partial charge >= 0.3 is 5.97 Å². The van der Waals surface area contributed by atoms with Crippen LogP contribution in [0.5, 0.6) is 0 Å². The van der Waals surface area contributed by atoms with Gasteiger partial charge in [-0.1, -0.05) is 49.5 Å². The quantitative estimate of drug-likeness (QED) is 0.457. The van der Waals surface area contributed by atoms with Crippen molar-refractivity contribution >= 4 is 5.97 Å². The second-order valence-corrected chi connectivity index (χ2v) is 4.14. The van der Waals surface area contributed by atoms with Gasteiger partial charge in [0, 0.05) is 17.6 Å². The van der Waals surface area contributed by atoms with Crippen LogP contribution in [0.15, 0.2) is 42.5 Å². The summed E-state index contributed by atoms with van der Waals surface area (Å²) in [6.45, 7) is 4.30. The first kappa shape index (κ1) is 15.0. The lowest BCUT2D eigenvalue weighted by atomic mass is 10.0. The van der Waals surface area contributed by atoms with Gasteiger partial charge in [0.1, 0.15) is 0 Å². The van der Waals surface area contributed by atoms with E-state index < -0.39 is 0 Å². The molecule has 0 bridgehead atoms. The van der Waals surface area contributed by atoms with Gasteiger partial charge in [-0.15, -0.1) is 0 Å². The fourth-order valence-corrected chi connectivity index (χ4v) is 1.61. The number of benzene rings is 1. The standard InChI is InChI=1S/C17H20O2/c1-3-8-15(13-14-17(18)19-4-2)11-12-16-9-6-5-7-10-16/h5-7,9-10,13-15H,3-4,8H2,1-2H3/b14-13+. The van der Waals surface area contributed by atoms with E-state index in [0.29, 0.717) is 6.61 Å². The minimum Gasteiger partial charge on any atom is -0.463 e. The third-order valence-electron chi connectivity index (χ3n) is 2.53. The highest BCUT2D eigenvalue weighted by Crippen LogP contribution is 2.08. The van der Waals surface area contributed by atoms with Crippen LogP contribution in [-0.4, -0.2) is 12.6 Å². The van der Waals surface area contributed by atoms with Gasteiger partial charge in [-0.05, 0) is 25.5 Å². The van der Waals surface area contributed by atoms with Crippen molar-refractivity contribution in [1.82, 2.24) is 0 Å². The first-order valence-electron chi connectivity index (χ1n) is 6.67. The van der Waals surface area contributed by atoms with Crippen LogP contribution in [0.3, 0.4) is 0 Å². The Balaban J connectivity index is 2.68. The van der Waals surface area contributed by atoms with Gasteiger partial charge in [-0.25, -0.2) is 4.79 Å². The molecule has 1 aromatic carbocycles. The highest BCUT2D eigenvalue weighted by Gasteiger charge is 2.01. The molecule has 0 aliphatic rings. The Morgan fingerprint density at radius 1 is 1.32 bits per heavy atom. The summed E-state index contributed by atoms with van der Waals surface area (Å²) < 4.78 is 4.86. The largest absolute Gasteiger partial charge is 0.463 e. The molecule has 0 heterocycles. The summed E-state index contributed by atoms with van der Waals surface area (Å²) in [7, 11) is 0. The minimum atomic E-state index is -0.301. The molecule has 19 heavy (non-hydrogen) atoms. The van der Waals surface area contributed by atoms with Crippen LogP contribution in [0.4, 0.5) is 0 Å². The zero-order valence-electron chi connectivity index (χ0n) is 11.6. The molecule has 1 unspecified atom stereocenters. The first-order valence-corrected chi connectivity index (χ1v) is 6.67. The number of ether oxygens (including phenoxy) is 1. The van der Waals surface area contributed by atoms with E-state index in [9.17, 15) is 4.79 Å². The molecule has 0 amide bonds. The maximum absolute atomic E-state index is 11.3. The number of esters is 1. The molecule has 0 spiro atoms. The van der Waals surface area contributed by atoms with Crippen LogP contribution in [0.2, 0.25) is 0 Å². The zero-order valence-corrected chi connectivity index (χ0v) is 11.6. The molecule has 2 heteroatoms. The summed E-state index contributed by atoms with van der Waals surface area (Å²) in [4.78, 5) is 11.3. The summed E-state index contributed by atoms with van der Waals surface area (Å²) in [5, 5.41) is 0. The Morgan fingerprint density at radius 2 is 2.05 bits per heavy atom. The predicted molar refractivity (Wildman–Crippen MR) is 77.5 cm³/mol. The topological polar surface area (TPSA) is 26.3 Å². The van der Waals surface area contributed by atoms with Crippen molar-refractivity contribution in [3.8, 4) is 11.8 Å². The molecule has 100 valence electrons. The maximum atomic E-state index is 11.3. The normalized spacial score (nSPS) is 11.7. The summed E-state index contributed by atoms with van der Waals surface area (Å²) in [6.07, 6.45) is 5.28. The molecule has 1 atom stereocenters. The second-order valence-electron chi connectivity index (χ2n) is 4.14. The number of allylic oxidation sites excluding steroid dienone is 1. The molecule has 2 nitrogen and oxygen atoms in total. The lowest BCUT2D eigenvalue weighted by Gasteiger charge is -2.02. The van der Waals surface area contributed by atoms with Gasteiger partial charge in [0.2, 0.25) is 0 Å². The van der Waals surface area contributed by atoms with Crippen molar-refractivity contribution in [1.29, 1.82) is 0 Å². The van der Waals surface area contributed by atoms with Crippen LogP contribution in [0, 0.1) is 17.8 Å². The predicted octanol–water partition coefficient (Wildman–Crippen LogP) is 3.57. The van der Waals surface area contributed by atoms with E-state index in [-0.39, 0.29) is 11.9 Å². The smallest absolute Gasteiger partial charge is 0.330 e. The monoisotopic (exact) mass is 256 g/mol. The van der Waals surface area contributed by atoms with E-state index >= 15 is 0 Å². The summed E-state index contributed by atoms with van der Waals surface area (Å²) in [5.74, 6) is 6.11. The number of carbonyl (C=O) groups is 1. The van der Waals surface area contributed by atoms with E-state index in [4.69, 9.17) is 4.74 Å². The maximum Gasteiger partial charge on any atom is 0.330 e. The van der Waals surface area contributed by atoms with Crippen molar-refractivity contribution in [2.45, 2.75) is 26.7 Å². The Bertz CT molecular complexity index is 463. The van der Waals surface area contributed by atoms with Crippen LogP contribution in [-0.2, 0) is 9.53 Å². The molecular weight excluding hydrogens is 236 g/mol. The molecule has 0 aromatic heterocycles. The van der Waals surface area contributed by atoms with Crippen molar-refractivity contribution in [2.75, 3.05) is 6.61 Å². The van der Waals surface area contributed by atoms with E-state index in [1.807, 2.05) is 36.4 Å². The molecule has 1 rings (SSSR count). The van der Waals surface area contributed by atoms with E-state index in [1.54, 1.807) is 6.92 Å². The van der Waals surface area contributed by atoms with E-state index in [2.05, 4.69) is 18.8 Å². The molecule has 0 saturated carbocycles. The van der Waals surface area contributed by atoms with Crippen molar-refractivity contribution in [2.24, 2.45) is 5.92 Å². The van der Waals surface area contributed by atoms with Crippen molar-refractivity contribution < 1.29 is 9.53 Å². The van der Waals surface area contributed by atoms with Crippen LogP contribution in [0.25, 0.3) is 0 Å². The average Bonchev–Trinajstić information content (AvgIpc) is 2.43. The SMILES string of the molecule is CCCC(C#Cc1ccccc1)/C=C/C(=O)OCC. The molecule has 0 saturated heterocycles. The van der Waals surface area contributed by atoms with E-state index in [1.165, 1.54) is 6.08 Å². The van der Waals surface area contributed by atoms with Crippen molar-refractivity contribution in [3.63, 3.8) is 0 Å². The average molecular weight is 256 g/mol. The highest BCUT2D eigenvalue weighted by atomic mass is 16.5. The van der Waals surface area contributed by atoms with Crippen LogP contribution in [0.1, 0.15) is 32.3 Å². The van der Waals surface area contributed by atoms with Crippen LogP contribution >= 0.6 is 0 Å². The molecule has 1 aromatic rings. The fraction of sp³-hybridized carbons (Fsp3) is 0.353. The fourth-order valence-electron chi connectivity index (χ4n) is 1.61. The number of carbonyl (C=O) groups excluding carboxylic acids is 1. The van der Waals surface area contributed by atoms with Gasteiger partial charge in [0.25, 0.3) is 0 Å². The van der Waals surface area contributed by atoms with Gasteiger partial charge in [0.05, 0.1) is 6.61 Å². The Labute approximate surface area is 115 Å². The second kappa shape index (κ2) is 8.99. The van der Waals surface area contributed by atoms with Gasteiger partial charge in [-0.2, -0.15) is 0 Å². The number of rotatable bonds is 5. The zero-order chi connectivity index (χ0) is 13.9. The van der Waals surface area contributed by atoms with Gasteiger partial charge < -0.3 is 4.74 Å². The molecule has 0 N–H and O–H groups in total. The summed E-state index contributed by atoms with van der Waals surface area (Å²) >= 11 is 0. The van der Waals surface area contributed by atoms with E-state index in [0.717, 1.165) is 18.4 Å². The number of hydrogen-bond acceptors (Lipinski definition) is 2. The molecule has 0 aliphatic carbocycles.